The van der Waals surface area contributed by atoms with Gasteiger partial charge in [0.25, 0.3) is 0 Å². The highest BCUT2D eigenvalue weighted by atomic mass is 79.9. The highest BCUT2D eigenvalue weighted by molar-refractivity contribution is 9.10. The largest absolute Gasteiger partial charge is 0.289 e. The van der Waals surface area contributed by atoms with Crippen molar-refractivity contribution in [1.82, 2.24) is 0 Å². The number of para-hydroxylation sites is 1. The van der Waals surface area contributed by atoms with Crippen LogP contribution in [0.2, 0.25) is 0 Å². The summed E-state index contributed by atoms with van der Waals surface area (Å²) >= 11 is 3.40. The third kappa shape index (κ3) is 2.24. The number of nitrogens with zero attached hydrogens (tertiary/aromatic N) is 2. The number of carbonyl (C=O) groups is 1. The lowest BCUT2D eigenvalue weighted by molar-refractivity contribution is -0.117. The number of halogens is 1. The number of hydrogen-bond donors (Lipinski definition) is 0. The molecule has 0 radical (unpaired) electrons. The Kier molecular flexibility index (Phi) is 3.52. The van der Waals surface area contributed by atoms with Crippen molar-refractivity contribution in [3.8, 4) is 6.07 Å². The lowest BCUT2D eigenvalue weighted by atomic mass is 9.88. The van der Waals surface area contributed by atoms with E-state index in [-0.39, 0.29) is 5.91 Å². The number of rotatable bonds is 2. The first kappa shape index (κ1) is 13.8. The zero-order valence-corrected chi connectivity index (χ0v) is 12.9. The SMILES string of the molecule is N#CC1(c2ccc(Br)cc2)CCC(=O)N1c1ccccc1. The molecule has 21 heavy (non-hydrogen) atoms. The summed E-state index contributed by atoms with van der Waals surface area (Å²) in [5, 5.41) is 9.83. The van der Waals surface area contributed by atoms with Crippen LogP contribution in [0, 0.1) is 11.3 Å². The minimum atomic E-state index is -0.918. The molecule has 1 heterocycles. The molecule has 0 N–H and O–H groups in total. The van der Waals surface area contributed by atoms with Crippen molar-refractivity contribution in [2.45, 2.75) is 18.4 Å². The fourth-order valence-corrected chi connectivity index (χ4v) is 3.10. The van der Waals surface area contributed by atoms with E-state index in [0.717, 1.165) is 15.7 Å². The monoisotopic (exact) mass is 340 g/mol. The molecule has 1 saturated heterocycles. The third-order valence-corrected chi connectivity index (χ3v) is 4.38. The second kappa shape index (κ2) is 5.34. The molecule has 1 unspecified atom stereocenters. The summed E-state index contributed by atoms with van der Waals surface area (Å²) < 4.78 is 0.954. The van der Waals surface area contributed by atoms with Gasteiger partial charge < -0.3 is 0 Å². The molecule has 3 rings (SSSR count). The van der Waals surface area contributed by atoms with Crippen molar-refractivity contribution in [1.29, 1.82) is 5.26 Å². The zero-order valence-electron chi connectivity index (χ0n) is 11.3. The number of hydrogen-bond acceptors (Lipinski definition) is 2. The third-order valence-electron chi connectivity index (χ3n) is 3.85. The minimum absolute atomic E-state index is 0.00864. The van der Waals surface area contributed by atoms with Crippen LogP contribution in [0.25, 0.3) is 0 Å². The predicted molar refractivity (Wildman–Crippen MR) is 84.6 cm³/mol. The van der Waals surface area contributed by atoms with Crippen molar-refractivity contribution >= 4 is 27.5 Å². The molecule has 0 spiro atoms. The second-order valence-electron chi connectivity index (χ2n) is 5.04. The lowest BCUT2D eigenvalue weighted by Crippen LogP contribution is -2.42. The Hall–Kier alpha value is -2.12. The number of benzene rings is 2. The Labute approximate surface area is 131 Å². The summed E-state index contributed by atoms with van der Waals surface area (Å²) in [5.41, 5.74) is 0.700. The first-order valence-corrected chi connectivity index (χ1v) is 7.52. The van der Waals surface area contributed by atoms with Crippen molar-refractivity contribution in [2.24, 2.45) is 0 Å². The van der Waals surface area contributed by atoms with Gasteiger partial charge in [0.1, 0.15) is 0 Å². The van der Waals surface area contributed by atoms with E-state index in [9.17, 15) is 10.1 Å². The van der Waals surface area contributed by atoms with Crippen LogP contribution in [-0.2, 0) is 10.3 Å². The van der Waals surface area contributed by atoms with E-state index in [4.69, 9.17) is 0 Å². The molecule has 0 aliphatic carbocycles. The molecule has 0 bridgehead atoms. The van der Waals surface area contributed by atoms with E-state index in [2.05, 4.69) is 22.0 Å². The normalized spacial score (nSPS) is 21.3. The van der Waals surface area contributed by atoms with Gasteiger partial charge in [-0.15, -0.1) is 0 Å². The molecule has 0 saturated carbocycles. The molecule has 1 amide bonds. The van der Waals surface area contributed by atoms with E-state index in [1.165, 1.54) is 0 Å². The first-order chi connectivity index (χ1) is 10.2. The second-order valence-corrected chi connectivity index (χ2v) is 5.96. The van der Waals surface area contributed by atoms with E-state index >= 15 is 0 Å². The molecular weight excluding hydrogens is 328 g/mol. The average Bonchev–Trinajstić information content (AvgIpc) is 2.87. The molecule has 2 aromatic carbocycles. The molecule has 1 aliphatic rings. The average molecular weight is 341 g/mol. The highest BCUT2D eigenvalue weighted by Crippen LogP contribution is 2.42. The van der Waals surface area contributed by atoms with Gasteiger partial charge in [0.2, 0.25) is 5.91 Å². The van der Waals surface area contributed by atoms with Crippen LogP contribution in [0.3, 0.4) is 0 Å². The van der Waals surface area contributed by atoms with Crippen LogP contribution < -0.4 is 4.90 Å². The van der Waals surface area contributed by atoms with Gasteiger partial charge in [-0.2, -0.15) is 5.26 Å². The summed E-state index contributed by atoms with van der Waals surface area (Å²) in [6.07, 6.45) is 0.900. The Morgan fingerprint density at radius 2 is 1.76 bits per heavy atom. The molecule has 2 aromatic rings. The Morgan fingerprint density at radius 3 is 2.38 bits per heavy atom. The maximum Gasteiger partial charge on any atom is 0.228 e. The van der Waals surface area contributed by atoms with Crippen LogP contribution in [0.5, 0.6) is 0 Å². The van der Waals surface area contributed by atoms with Gasteiger partial charge >= 0.3 is 0 Å². The lowest BCUT2D eigenvalue weighted by Gasteiger charge is -2.33. The Balaban J connectivity index is 2.14. The number of amides is 1. The maximum absolute atomic E-state index is 12.4. The Bertz CT molecular complexity index is 706. The maximum atomic E-state index is 12.4. The van der Waals surface area contributed by atoms with E-state index < -0.39 is 5.54 Å². The summed E-state index contributed by atoms with van der Waals surface area (Å²) in [6, 6.07) is 19.4. The predicted octanol–water partition coefficient (Wildman–Crippen LogP) is 3.99. The molecular formula is C17H13BrN2O. The molecule has 0 aromatic heterocycles. The van der Waals surface area contributed by atoms with Gasteiger partial charge in [0.05, 0.1) is 6.07 Å². The van der Waals surface area contributed by atoms with Gasteiger partial charge in [-0.3, -0.25) is 9.69 Å². The van der Waals surface area contributed by atoms with Gasteiger partial charge in [0, 0.05) is 16.6 Å². The van der Waals surface area contributed by atoms with Crippen LogP contribution in [0.1, 0.15) is 18.4 Å². The zero-order chi connectivity index (χ0) is 14.9. The fraction of sp³-hybridized carbons (Fsp3) is 0.176. The van der Waals surface area contributed by atoms with E-state index in [0.29, 0.717) is 12.8 Å². The van der Waals surface area contributed by atoms with Crippen LogP contribution in [0.15, 0.2) is 59.1 Å². The van der Waals surface area contributed by atoms with Crippen molar-refractivity contribution < 1.29 is 4.79 Å². The van der Waals surface area contributed by atoms with Crippen molar-refractivity contribution in [3.63, 3.8) is 0 Å². The standard InChI is InChI=1S/C17H13BrN2O/c18-14-8-6-13(7-9-14)17(12-19)11-10-16(21)20(17)15-4-2-1-3-5-15/h1-9H,10-11H2. The van der Waals surface area contributed by atoms with Gasteiger partial charge in [-0.25, -0.2) is 0 Å². The number of carbonyl (C=O) groups excluding carboxylic acids is 1. The summed E-state index contributed by atoms with van der Waals surface area (Å²) in [4.78, 5) is 14.0. The minimum Gasteiger partial charge on any atom is -0.289 e. The van der Waals surface area contributed by atoms with Crippen molar-refractivity contribution in [3.05, 3.63) is 64.6 Å². The van der Waals surface area contributed by atoms with Crippen LogP contribution in [0.4, 0.5) is 5.69 Å². The topological polar surface area (TPSA) is 44.1 Å². The van der Waals surface area contributed by atoms with E-state index in [1.54, 1.807) is 4.90 Å². The molecule has 104 valence electrons. The molecule has 1 aliphatic heterocycles. The van der Waals surface area contributed by atoms with Crippen molar-refractivity contribution in [2.75, 3.05) is 4.90 Å². The van der Waals surface area contributed by atoms with Crippen LogP contribution in [-0.4, -0.2) is 5.91 Å². The quantitative estimate of drug-likeness (QED) is 0.829. The summed E-state index contributed by atoms with van der Waals surface area (Å²) in [7, 11) is 0. The molecule has 3 nitrogen and oxygen atoms in total. The van der Waals surface area contributed by atoms with Gasteiger partial charge in [-0.1, -0.05) is 46.3 Å². The first-order valence-electron chi connectivity index (χ1n) is 6.73. The van der Waals surface area contributed by atoms with Gasteiger partial charge in [0.15, 0.2) is 5.54 Å². The van der Waals surface area contributed by atoms with Gasteiger partial charge in [-0.05, 0) is 36.2 Å². The molecule has 4 heteroatoms. The summed E-state index contributed by atoms with van der Waals surface area (Å²) in [6.45, 7) is 0. The number of anilines is 1. The molecule has 1 fully saturated rings. The molecule has 1 atom stereocenters. The van der Waals surface area contributed by atoms with E-state index in [1.807, 2.05) is 54.6 Å². The smallest absolute Gasteiger partial charge is 0.228 e. The Morgan fingerprint density at radius 1 is 1.10 bits per heavy atom. The fourth-order valence-electron chi connectivity index (χ4n) is 2.84. The number of nitriles is 1. The summed E-state index contributed by atoms with van der Waals surface area (Å²) in [5.74, 6) is -0.00864. The van der Waals surface area contributed by atoms with Crippen LogP contribution >= 0.6 is 15.9 Å². The highest BCUT2D eigenvalue weighted by Gasteiger charge is 2.48.